The van der Waals surface area contributed by atoms with Gasteiger partial charge in [-0.1, -0.05) is 35.4 Å². The minimum Gasteiger partial charge on any atom is -0.495 e. The minimum atomic E-state index is -0.376. The zero-order valence-electron chi connectivity index (χ0n) is 18.4. The Morgan fingerprint density at radius 3 is 2.47 bits per heavy atom. The minimum absolute atomic E-state index is 0.163. The van der Waals surface area contributed by atoms with Crippen LogP contribution in [-0.4, -0.2) is 24.2 Å². The van der Waals surface area contributed by atoms with Crippen LogP contribution in [0.5, 0.6) is 5.75 Å². The first kappa shape index (κ1) is 23.7. The van der Waals surface area contributed by atoms with Gasteiger partial charge in [-0.15, -0.1) is 11.8 Å². The molecule has 1 unspecified atom stereocenters. The van der Waals surface area contributed by atoms with Crippen LogP contribution in [0.15, 0.2) is 65.6 Å². The number of ether oxygens (including phenoxy) is 1. The van der Waals surface area contributed by atoms with Crippen molar-refractivity contribution in [1.29, 1.82) is 0 Å². The Bertz CT molecular complexity index is 1150. The summed E-state index contributed by atoms with van der Waals surface area (Å²) in [6.45, 7) is 5.64. The molecule has 5 nitrogen and oxygen atoms in total. The molecule has 166 valence electrons. The van der Waals surface area contributed by atoms with Crippen LogP contribution >= 0.6 is 23.4 Å². The van der Waals surface area contributed by atoms with E-state index in [1.165, 1.54) is 18.9 Å². The topological polar surface area (TPSA) is 67.4 Å². The van der Waals surface area contributed by atoms with E-state index < -0.39 is 0 Å². The standard InChI is InChI=1S/C25H25ClN2O3S/c1-15-7-5-8-18(11-15)25(30)27-19-9-6-10-20(13-19)32-17(3)24(29)28-22-12-16(2)21(26)14-23(22)31-4/h5-14,17H,1-4H3,(H,27,30)(H,28,29). The van der Waals surface area contributed by atoms with Gasteiger partial charge in [0.25, 0.3) is 5.91 Å². The monoisotopic (exact) mass is 468 g/mol. The molecule has 0 radical (unpaired) electrons. The fourth-order valence-corrected chi connectivity index (χ4v) is 4.14. The number of hydrogen-bond donors (Lipinski definition) is 2. The average Bonchev–Trinajstić information content (AvgIpc) is 2.76. The number of rotatable bonds is 7. The lowest BCUT2D eigenvalue weighted by atomic mass is 10.1. The van der Waals surface area contributed by atoms with E-state index in [-0.39, 0.29) is 17.1 Å². The first-order valence-electron chi connectivity index (χ1n) is 10.1. The maximum Gasteiger partial charge on any atom is 0.255 e. The van der Waals surface area contributed by atoms with Gasteiger partial charge in [-0.2, -0.15) is 0 Å². The van der Waals surface area contributed by atoms with Crippen molar-refractivity contribution >= 4 is 46.6 Å². The van der Waals surface area contributed by atoms with Crippen LogP contribution in [0, 0.1) is 13.8 Å². The van der Waals surface area contributed by atoms with Gasteiger partial charge in [0.2, 0.25) is 5.91 Å². The number of aryl methyl sites for hydroxylation is 2. The highest BCUT2D eigenvalue weighted by Gasteiger charge is 2.18. The molecule has 1 atom stereocenters. The second-order valence-corrected chi connectivity index (χ2v) is 9.22. The van der Waals surface area contributed by atoms with Gasteiger partial charge in [-0.25, -0.2) is 0 Å². The molecule has 0 aliphatic heterocycles. The highest BCUT2D eigenvalue weighted by atomic mass is 35.5. The summed E-state index contributed by atoms with van der Waals surface area (Å²) in [5, 5.41) is 6.02. The molecule has 0 aliphatic rings. The van der Waals surface area contributed by atoms with Crippen molar-refractivity contribution in [3.05, 3.63) is 82.4 Å². The number of methoxy groups -OCH3 is 1. The SMILES string of the molecule is COc1cc(Cl)c(C)cc1NC(=O)C(C)Sc1cccc(NC(=O)c2cccc(C)c2)c1. The molecule has 0 aliphatic carbocycles. The Balaban J connectivity index is 1.66. The summed E-state index contributed by atoms with van der Waals surface area (Å²) in [5.41, 5.74) is 3.72. The second kappa shape index (κ2) is 10.6. The molecule has 0 spiro atoms. The van der Waals surface area contributed by atoms with Crippen molar-refractivity contribution < 1.29 is 14.3 Å². The normalized spacial score (nSPS) is 11.5. The van der Waals surface area contributed by atoms with E-state index in [0.717, 1.165) is 16.0 Å². The summed E-state index contributed by atoms with van der Waals surface area (Å²) in [6, 6.07) is 18.3. The molecule has 3 rings (SSSR count). The second-order valence-electron chi connectivity index (χ2n) is 7.40. The van der Waals surface area contributed by atoms with Gasteiger partial charge in [-0.05, 0) is 62.7 Å². The number of halogens is 1. The van der Waals surface area contributed by atoms with E-state index in [0.29, 0.717) is 27.7 Å². The number of hydrogen-bond acceptors (Lipinski definition) is 4. The first-order chi connectivity index (χ1) is 15.3. The Morgan fingerprint density at radius 1 is 1.00 bits per heavy atom. The molecule has 2 N–H and O–H groups in total. The lowest BCUT2D eigenvalue weighted by Crippen LogP contribution is -2.22. The number of benzene rings is 3. The molecule has 0 saturated carbocycles. The molecular weight excluding hydrogens is 444 g/mol. The van der Waals surface area contributed by atoms with Crippen molar-refractivity contribution in [2.45, 2.75) is 30.9 Å². The zero-order valence-corrected chi connectivity index (χ0v) is 19.9. The summed E-state index contributed by atoms with van der Waals surface area (Å²) in [5.74, 6) is 0.170. The molecule has 0 saturated heterocycles. The van der Waals surface area contributed by atoms with Crippen LogP contribution in [0.2, 0.25) is 5.02 Å². The zero-order chi connectivity index (χ0) is 23.3. The third-order valence-electron chi connectivity index (χ3n) is 4.79. The molecule has 0 fully saturated rings. The van der Waals surface area contributed by atoms with Gasteiger partial charge in [0.15, 0.2) is 0 Å². The molecule has 0 aromatic heterocycles. The maximum absolute atomic E-state index is 12.8. The van der Waals surface area contributed by atoms with Crippen LogP contribution in [0.1, 0.15) is 28.4 Å². The smallest absolute Gasteiger partial charge is 0.255 e. The highest BCUT2D eigenvalue weighted by molar-refractivity contribution is 8.00. The number of anilines is 2. The van der Waals surface area contributed by atoms with E-state index >= 15 is 0 Å². The van der Waals surface area contributed by atoms with Crippen LogP contribution in [0.4, 0.5) is 11.4 Å². The van der Waals surface area contributed by atoms with Crippen LogP contribution in [0.25, 0.3) is 0 Å². The maximum atomic E-state index is 12.8. The molecule has 7 heteroatoms. The van der Waals surface area contributed by atoms with Gasteiger partial charge in [0.05, 0.1) is 18.0 Å². The summed E-state index contributed by atoms with van der Waals surface area (Å²) in [6.07, 6.45) is 0. The third kappa shape index (κ3) is 6.05. The van der Waals surface area contributed by atoms with Crippen molar-refractivity contribution in [1.82, 2.24) is 0 Å². The van der Waals surface area contributed by atoms with Gasteiger partial charge in [-0.3, -0.25) is 9.59 Å². The molecule has 3 aromatic carbocycles. The van der Waals surface area contributed by atoms with E-state index in [4.69, 9.17) is 16.3 Å². The molecule has 2 amide bonds. The predicted octanol–water partition coefficient (Wildman–Crippen LogP) is 6.34. The van der Waals surface area contributed by atoms with Crippen molar-refractivity contribution in [3.63, 3.8) is 0 Å². The van der Waals surface area contributed by atoms with Crippen molar-refractivity contribution in [3.8, 4) is 5.75 Å². The molecule has 0 heterocycles. The van der Waals surface area contributed by atoms with Gasteiger partial charge in [0.1, 0.15) is 5.75 Å². The number of nitrogens with one attached hydrogen (secondary N) is 2. The highest BCUT2D eigenvalue weighted by Crippen LogP contribution is 2.32. The number of carbonyl (C=O) groups is 2. The lowest BCUT2D eigenvalue weighted by molar-refractivity contribution is -0.115. The Kier molecular flexibility index (Phi) is 7.83. The summed E-state index contributed by atoms with van der Waals surface area (Å²) < 4.78 is 5.33. The van der Waals surface area contributed by atoms with Gasteiger partial charge >= 0.3 is 0 Å². The fourth-order valence-electron chi connectivity index (χ4n) is 3.06. The van der Waals surface area contributed by atoms with E-state index in [2.05, 4.69) is 10.6 Å². The number of carbonyl (C=O) groups excluding carboxylic acids is 2. The first-order valence-corrected chi connectivity index (χ1v) is 11.3. The van der Waals surface area contributed by atoms with Gasteiger partial charge in [0, 0.05) is 27.2 Å². The molecule has 3 aromatic rings. The Labute approximate surface area is 197 Å². The Hall–Kier alpha value is -2.96. The molecule has 0 bridgehead atoms. The van der Waals surface area contributed by atoms with Crippen molar-refractivity contribution in [2.75, 3.05) is 17.7 Å². The Morgan fingerprint density at radius 2 is 1.75 bits per heavy atom. The third-order valence-corrected chi connectivity index (χ3v) is 6.29. The summed E-state index contributed by atoms with van der Waals surface area (Å²) in [4.78, 5) is 26.2. The van der Waals surface area contributed by atoms with Crippen LogP contribution in [0.3, 0.4) is 0 Å². The quantitative estimate of drug-likeness (QED) is 0.397. The van der Waals surface area contributed by atoms with Crippen LogP contribution in [-0.2, 0) is 4.79 Å². The van der Waals surface area contributed by atoms with Gasteiger partial charge < -0.3 is 15.4 Å². The molecular formula is C25H25ClN2O3S. The summed E-state index contributed by atoms with van der Waals surface area (Å²) >= 11 is 7.54. The van der Waals surface area contributed by atoms with E-state index in [1.807, 2.05) is 63.2 Å². The summed E-state index contributed by atoms with van der Waals surface area (Å²) in [7, 11) is 1.53. The van der Waals surface area contributed by atoms with E-state index in [1.54, 1.807) is 18.2 Å². The molecule has 32 heavy (non-hydrogen) atoms. The van der Waals surface area contributed by atoms with E-state index in [9.17, 15) is 9.59 Å². The largest absolute Gasteiger partial charge is 0.495 e. The number of thioether (sulfide) groups is 1. The van der Waals surface area contributed by atoms with Crippen molar-refractivity contribution in [2.24, 2.45) is 0 Å². The predicted molar refractivity (Wildman–Crippen MR) is 132 cm³/mol. The fraction of sp³-hybridized carbons (Fsp3) is 0.200. The van der Waals surface area contributed by atoms with Crippen LogP contribution < -0.4 is 15.4 Å². The number of amides is 2. The average molecular weight is 469 g/mol. The lowest BCUT2D eigenvalue weighted by Gasteiger charge is -2.16.